The van der Waals surface area contributed by atoms with Crippen LogP contribution in [0.5, 0.6) is 5.75 Å². The molecule has 0 atom stereocenters. The molecule has 3 aromatic rings. The highest BCUT2D eigenvalue weighted by Gasteiger charge is 2.18. The van der Waals surface area contributed by atoms with Crippen LogP contribution in [0.2, 0.25) is 0 Å². The molecule has 0 saturated carbocycles. The van der Waals surface area contributed by atoms with E-state index in [0.717, 1.165) is 10.0 Å². The summed E-state index contributed by atoms with van der Waals surface area (Å²) < 4.78 is 6.34. The van der Waals surface area contributed by atoms with Gasteiger partial charge in [0.05, 0.1) is 17.5 Å². The number of anilines is 2. The first-order valence-electron chi connectivity index (χ1n) is 10.5. The molecule has 3 aromatic carbocycles. The zero-order valence-electron chi connectivity index (χ0n) is 18.9. The van der Waals surface area contributed by atoms with E-state index in [9.17, 15) is 14.4 Å². The minimum Gasteiger partial charge on any atom is -0.489 e. The summed E-state index contributed by atoms with van der Waals surface area (Å²) in [6.45, 7) is 5.82. The number of halogens is 1. The van der Waals surface area contributed by atoms with Gasteiger partial charge in [-0.1, -0.05) is 52.9 Å². The van der Waals surface area contributed by atoms with E-state index >= 15 is 0 Å². The molecule has 0 aliphatic heterocycles. The summed E-state index contributed by atoms with van der Waals surface area (Å²) in [4.78, 5) is 37.5. The van der Waals surface area contributed by atoms with E-state index < -0.39 is 17.7 Å². The van der Waals surface area contributed by atoms with E-state index in [0.29, 0.717) is 23.6 Å². The number of nitrogens with one attached hydrogen (secondary N) is 3. The van der Waals surface area contributed by atoms with Crippen molar-refractivity contribution in [3.8, 4) is 5.75 Å². The first-order chi connectivity index (χ1) is 16.9. The van der Waals surface area contributed by atoms with Gasteiger partial charge in [-0.25, -0.2) is 5.43 Å². The van der Waals surface area contributed by atoms with Crippen molar-refractivity contribution in [3.63, 3.8) is 0 Å². The van der Waals surface area contributed by atoms with Gasteiger partial charge < -0.3 is 15.4 Å². The number of benzene rings is 3. The number of hydrazone groups is 1. The van der Waals surface area contributed by atoms with Crippen LogP contribution in [0.3, 0.4) is 0 Å². The Labute approximate surface area is 211 Å². The molecule has 3 rings (SSSR count). The van der Waals surface area contributed by atoms with E-state index in [2.05, 4.69) is 43.7 Å². The molecule has 0 unspecified atom stereocenters. The van der Waals surface area contributed by atoms with Crippen molar-refractivity contribution in [3.05, 3.63) is 101 Å². The topological polar surface area (TPSA) is 109 Å². The summed E-state index contributed by atoms with van der Waals surface area (Å²) in [5, 5.41) is 9.08. The van der Waals surface area contributed by atoms with Gasteiger partial charge in [0.15, 0.2) is 0 Å². The van der Waals surface area contributed by atoms with Crippen molar-refractivity contribution in [2.45, 2.75) is 6.92 Å². The molecule has 3 amide bonds. The summed E-state index contributed by atoms with van der Waals surface area (Å²) in [5.74, 6) is -1.87. The molecule has 35 heavy (non-hydrogen) atoms. The number of carbonyl (C=O) groups excluding carboxylic acids is 3. The van der Waals surface area contributed by atoms with Crippen molar-refractivity contribution in [2.75, 3.05) is 17.2 Å². The summed E-state index contributed by atoms with van der Waals surface area (Å²) in [7, 11) is 0. The Morgan fingerprint density at radius 1 is 1.00 bits per heavy atom. The largest absolute Gasteiger partial charge is 0.489 e. The fourth-order valence-electron chi connectivity index (χ4n) is 3.00. The fraction of sp³-hybridized carbons (Fsp3) is 0.0769. The molecule has 9 heteroatoms. The van der Waals surface area contributed by atoms with Crippen molar-refractivity contribution >= 4 is 51.2 Å². The second-order valence-corrected chi connectivity index (χ2v) is 8.22. The molecular weight excluding hydrogens is 512 g/mol. The normalized spacial score (nSPS) is 10.5. The van der Waals surface area contributed by atoms with E-state index in [1.807, 2.05) is 25.1 Å². The molecule has 178 valence electrons. The van der Waals surface area contributed by atoms with Gasteiger partial charge in [0.25, 0.3) is 5.91 Å². The smallest absolute Gasteiger partial charge is 0.329 e. The van der Waals surface area contributed by atoms with Gasteiger partial charge in [0.1, 0.15) is 12.4 Å². The number of hydrogen-bond donors (Lipinski definition) is 3. The average Bonchev–Trinajstić information content (AvgIpc) is 2.83. The molecule has 0 aliphatic carbocycles. The predicted octanol–water partition coefficient (Wildman–Crippen LogP) is 4.66. The lowest BCUT2D eigenvalue weighted by Crippen LogP contribution is -2.33. The number of amides is 3. The van der Waals surface area contributed by atoms with Gasteiger partial charge in [0, 0.05) is 15.7 Å². The Kier molecular flexibility index (Phi) is 8.91. The third kappa shape index (κ3) is 7.38. The highest BCUT2D eigenvalue weighted by Crippen LogP contribution is 2.22. The zero-order chi connectivity index (χ0) is 25.2. The summed E-state index contributed by atoms with van der Waals surface area (Å²) >= 11 is 3.37. The Morgan fingerprint density at radius 3 is 2.57 bits per heavy atom. The quantitative estimate of drug-likeness (QED) is 0.169. The first-order valence-corrected chi connectivity index (χ1v) is 11.3. The Bertz CT molecular complexity index is 1290. The minimum atomic E-state index is -1.00. The lowest BCUT2D eigenvalue weighted by atomic mass is 10.1. The molecule has 0 fully saturated rings. The van der Waals surface area contributed by atoms with E-state index in [4.69, 9.17) is 4.74 Å². The van der Waals surface area contributed by atoms with Gasteiger partial charge in [-0.2, -0.15) is 5.10 Å². The molecule has 0 saturated heterocycles. The third-order valence-corrected chi connectivity index (χ3v) is 5.09. The number of ether oxygens (including phenoxy) is 1. The zero-order valence-corrected chi connectivity index (χ0v) is 20.5. The number of hydrogen-bond acceptors (Lipinski definition) is 5. The first kappa shape index (κ1) is 25.4. The third-order valence-electron chi connectivity index (χ3n) is 4.60. The maximum atomic E-state index is 12.8. The maximum absolute atomic E-state index is 12.8. The Morgan fingerprint density at radius 2 is 1.80 bits per heavy atom. The molecule has 0 aliphatic rings. The molecule has 3 N–H and O–H groups in total. The molecule has 0 aromatic heterocycles. The second-order valence-electron chi connectivity index (χ2n) is 7.30. The predicted molar refractivity (Wildman–Crippen MR) is 140 cm³/mol. The highest BCUT2D eigenvalue weighted by molar-refractivity contribution is 9.10. The number of para-hydroxylation sites is 1. The summed E-state index contributed by atoms with van der Waals surface area (Å²) in [5.41, 5.74) is 4.76. The van der Waals surface area contributed by atoms with Gasteiger partial charge in [-0.05, 0) is 55.0 Å². The van der Waals surface area contributed by atoms with Crippen molar-refractivity contribution in [2.24, 2.45) is 5.10 Å². The van der Waals surface area contributed by atoms with Crippen LogP contribution in [-0.2, 0) is 9.59 Å². The molecule has 0 radical (unpaired) electrons. The monoisotopic (exact) mass is 534 g/mol. The van der Waals surface area contributed by atoms with Crippen molar-refractivity contribution in [1.29, 1.82) is 0 Å². The summed E-state index contributed by atoms with van der Waals surface area (Å²) in [6.07, 6.45) is 2.96. The highest BCUT2D eigenvalue weighted by atomic mass is 79.9. The van der Waals surface area contributed by atoms with Crippen LogP contribution >= 0.6 is 15.9 Å². The average molecular weight is 535 g/mol. The van der Waals surface area contributed by atoms with E-state index in [1.165, 1.54) is 12.3 Å². The summed E-state index contributed by atoms with van der Waals surface area (Å²) in [6, 6.07) is 19.0. The van der Waals surface area contributed by atoms with Gasteiger partial charge in [0.2, 0.25) is 0 Å². The fourth-order valence-corrected chi connectivity index (χ4v) is 3.38. The van der Waals surface area contributed by atoms with Crippen LogP contribution < -0.4 is 20.8 Å². The number of aryl methyl sites for hydroxylation is 1. The van der Waals surface area contributed by atoms with E-state index in [-0.39, 0.29) is 11.3 Å². The van der Waals surface area contributed by atoms with Crippen LogP contribution in [0, 0.1) is 6.92 Å². The van der Waals surface area contributed by atoms with Crippen LogP contribution in [0.25, 0.3) is 0 Å². The van der Waals surface area contributed by atoms with Gasteiger partial charge in [-0.3, -0.25) is 14.4 Å². The minimum absolute atomic E-state index is 0.189. The lowest BCUT2D eigenvalue weighted by Gasteiger charge is -2.11. The van der Waals surface area contributed by atoms with E-state index in [1.54, 1.807) is 48.5 Å². The molecule has 0 spiro atoms. The second kappa shape index (κ2) is 12.3. The Hall–Kier alpha value is -4.24. The SMILES string of the molecule is C=CCOc1ccc(Br)cc1/C=N\NC(=O)C(=O)Nc1ccccc1C(=O)Nc1cccc(C)c1. The molecule has 0 heterocycles. The van der Waals surface area contributed by atoms with Crippen LogP contribution in [0.15, 0.2) is 89.0 Å². The number of nitrogens with zero attached hydrogens (tertiary/aromatic N) is 1. The van der Waals surface area contributed by atoms with Crippen molar-refractivity contribution < 1.29 is 19.1 Å². The van der Waals surface area contributed by atoms with Crippen molar-refractivity contribution in [1.82, 2.24) is 5.43 Å². The standard InChI is InChI=1S/C26H23BrN4O4/c1-3-13-35-23-12-11-19(27)15-18(23)16-28-31-26(34)25(33)30-22-10-5-4-9-21(22)24(32)29-20-8-6-7-17(2)14-20/h3-12,14-16H,1,13H2,2H3,(H,29,32)(H,30,33)(H,31,34)/b28-16-. The maximum Gasteiger partial charge on any atom is 0.329 e. The van der Waals surface area contributed by atoms with Crippen LogP contribution in [0.1, 0.15) is 21.5 Å². The Balaban J connectivity index is 1.65. The number of rotatable bonds is 8. The number of carbonyl (C=O) groups is 3. The van der Waals surface area contributed by atoms with Crippen LogP contribution in [0.4, 0.5) is 11.4 Å². The van der Waals surface area contributed by atoms with Gasteiger partial charge >= 0.3 is 11.8 Å². The van der Waals surface area contributed by atoms with Gasteiger partial charge in [-0.15, -0.1) is 0 Å². The molecule has 0 bridgehead atoms. The van der Waals surface area contributed by atoms with Crippen LogP contribution in [-0.4, -0.2) is 30.5 Å². The lowest BCUT2D eigenvalue weighted by molar-refractivity contribution is -0.136. The molecular formula is C26H23BrN4O4. The molecule has 8 nitrogen and oxygen atoms in total.